The van der Waals surface area contributed by atoms with Gasteiger partial charge in [0.2, 0.25) is 0 Å². The van der Waals surface area contributed by atoms with Gasteiger partial charge in [0.15, 0.2) is 0 Å². The monoisotopic (exact) mass is 273 g/mol. The fourth-order valence-corrected chi connectivity index (χ4v) is 2.17. The molecule has 2 nitrogen and oxygen atoms in total. The zero-order chi connectivity index (χ0) is 14.6. The fourth-order valence-electron chi connectivity index (χ4n) is 2.17. The average molecular weight is 273 g/mol. The highest BCUT2D eigenvalue weighted by molar-refractivity contribution is 5.29. The molecule has 0 fully saturated rings. The summed E-state index contributed by atoms with van der Waals surface area (Å²) in [6.07, 6.45) is 10.6. The number of hydrogen-bond acceptors (Lipinski definition) is 2. The molecule has 1 aromatic rings. The van der Waals surface area contributed by atoms with Gasteiger partial charge in [-0.25, -0.2) is 0 Å². The van der Waals surface area contributed by atoms with Crippen LogP contribution in [0.2, 0.25) is 0 Å². The number of benzene rings is 1. The van der Waals surface area contributed by atoms with Gasteiger partial charge in [-0.3, -0.25) is 0 Å². The molecule has 1 aromatic carbocycles. The van der Waals surface area contributed by atoms with E-state index < -0.39 is 0 Å². The quantitative estimate of drug-likeness (QED) is 0.506. The number of terminal acetylenes is 1. The maximum atomic E-state index is 5.69. The predicted octanol–water partition coefficient (Wildman–Crippen LogP) is 4.32. The molecule has 20 heavy (non-hydrogen) atoms. The van der Waals surface area contributed by atoms with Crippen molar-refractivity contribution in [2.75, 3.05) is 13.2 Å². The predicted molar refractivity (Wildman–Crippen MR) is 85.9 cm³/mol. The number of rotatable bonds is 10. The van der Waals surface area contributed by atoms with E-state index in [-0.39, 0.29) is 0 Å². The molecule has 1 rings (SSSR count). The summed E-state index contributed by atoms with van der Waals surface area (Å²) >= 11 is 0. The largest absolute Gasteiger partial charge is 0.494 e. The molecular weight excluding hydrogens is 246 g/mol. The van der Waals surface area contributed by atoms with E-state index in [1.807, 2.05) is 0 Å². The molecule has 1 atom stereocenters. The SMILES string of the molecule is C#CCCCC(NCC)c1ccc(OCCCC)cc1. The lowest BCUT2D eigenvalue weighted by atomic mass is 10.0. The first-order valence-corrected chi connectivity index (χ1v) is 7.71. The number of ether oxygens (including phenoxy) is 1. The summed E-state index contributed by atoms with van der Waals surface area (Å²) in [7, 11) is 0. The highest BCUT2D eigenvalue weighted by Crippen LogP contribution is 2.22. The molecule has 0 aliphatic heterocycles. The van der Waals surface area contributed by atoms with E-state index in [0.717, 1.165) is 51.0 Å². The van der Waals surface area contributed by atoms with Gasteiger partial charge in [0.1, 0.15) is 5.75 Å². The molecular formula is C18H27NO. The van der Waals surface area contributed by atoms with Gasteiger partial charge in [-0.05, 0) is 43.5 Å². The third kappa shape index (κ3) is 6.12. The Hall–Kier alpha value is -1.46. The Morgan fingerprint density at radius 1 is 1.20 bits per heavy atom. The van der Waals surface area contributed by atoms with Crippen LogP contribution in [0.4, 0.5) is 0 Å². The number of nitrogens with one attached hydrogen (secondary N) is 1. The summed E-state index contributed by atoms with van der Waals surface area (Å²) in [6, 6.07) is 8.83. The van der Waals surface area contributed by atoms with Crippen LogP contribution in [-0.2, 0) is 0 Å². The Bertz CT molecular complexity index is 391. The van der Waals surface area contributed by atoms with Crippen molar-refractivity contribution >= 4 is 0 Å². The minimum atomic E-state index is 0.387. The molecule has 0 aliphatic rings. The summed E-state index contributed by atoms with van der Waals surface area (Å²) in [5, 5.41) is 3.52. The second-order valence-corrected chi connectivity index (χ2v) is 4.98. The Balaban J connectivity index is 2.55. The summed E-state index contributed by atoms with van der Waals surface area (Å²) in [6.45, 7) is 6.07. The minimum Gasteiger partial charge on any atom is -0.494 e. The van der Waals surface area contributed by atoms with Crippen LogP contribution < -0.4 is 10.1 Å². The van der Waals surface area contributed by atoms with E-state index in [4.69, 9.17) is 11.2 Å². The van der Waals surface area contributed by atoms with E-state index in [1.165, 1.54) is 5.56 Å². The summed E-state index contributed by atoms with van der Waals surface area (Å²) in [5.41, 5.74) is 1.31. The van der Waals surface area contributed by atoms with Crippen molar-refractivity contribution in [2.24, 2.45) is 0 Å². The number of unbranched alkanes of at least 4 members (excludes halogenated alkanes) is 2. The second kappa shape index (κ2) is 10.3. The van der Waals surface area contributed by atoms with E-state index in [9.17, 15) is 0 Å². The Morgan fingerprint density at radius 3 is 2.55 bits per heavy atom. The van der Waals surface area contributed by atoms with E-state index >= 15 is 0 Å². The second-order valence-electron chi connectivity index (χ2n) is 4.98. The summed E-state index contributed by atoms with van der Waals surface area (Å²) in [4.78, 5) is 0. The van der Waals surface area contributed by atoms with Crippen molar-refractivity contribution in [1.82, 2.24) is 5.32 Å². The van der Waals surface area contributed by atoms with Crippen LogP contribution in [0.15, 0.2) is 24.3 Å². The van der Waals surface area contributed by atoms with E-state index in [1.54, 1.807) is 0 Å². The van der Waals surface area contributed by atoms with Crippen molar-refractivity contribution in [2.45, 2.75) is 52.0 Å². The summed E-state index contributed by atoms with van der Waals surface area (Å²) < 4.78 is 5.69. The highest BCUT2D eigenvalue weighted by Gasteiger charge is 2.09. The molecule has 0 amide bonds. The van der Waals surface area contributed by atoms with Gasteiger partial charge in [-0.1, -0.05) is 32.4 Å². The minimum absolute atomic E-state index is 0.387. The van der Waals surface area contributed by atoms with Gasteiger partial charge in [-0.2, -0.15) is 0 Å². The maximum Gasteiger partial charge on any atom is 0.119 e. The molecule has 0 bridgehead atoms. The Kier molecular flexibility index (Phi) is 8.58. The summed E-state index contributed by atoms with van der Waals surface area (Å²) in [5.74, 6) is 3.67. The van der Waals surface area contributed by atoms with Gasteiger partial charge >= 0.3 is 0 Å². The standard InChI is InChI=1S/C18H27NO/c1-4-7-9-10-18(19-6-3)16-11-13-17(14-12-16)20-15-8-5-2/h1,11-14,18-19H,5-10,15H2,2-3H3. The molecule has 0 spiro atoms. The van der Waals surface area contributed by atoms with Crippen LogP contribution in [-0.4, -0.2) is 13.2 Å². The average Bonchev–Trinajstić information content (AvgIpc) is 2.48. The van der Waals surface area contributed by atoms with Crippen molar-refractivity contribution in [1.29, 1.82) is 0 Å². The molecule has 0 aliphatic carbocycles. The van der Waals surface area contributed by atoms with Crippen LogP contribution in [0, 0.1) is 12.3 Å². The lowest BCUT2D eigenvalue weighted by molar-refractivity contribution is 0.309. The zero-order valence-electron chi connectivity index (χ0n) is 12.8. The van der Waals surface area contributed by atoms with Crippen LogP contribution in [0.25, 0.3) is 0 Å². The molecule has 1 N–H and O–H groups in total. The van der Waals surface area contributed by atoms with Gasteiger partial charge in [0, 0.05) is 12.5 Å². The lowest BCUT2D eigenvalue weighted by Gasteiger charge is -2.18. The maximum absolute atomic E-state index is 5.69. The molecule has 0 saturated heterocycles. The molecule has 0 aromatic heterocycles. The first kappa shape index (κ1) is 16.6. The molecule has 2 heteroatoms. The van der Waals surface area contributed by atoms with Crippen molar-refractivity contribution in [3.63, 3.8) is 0 Å². The van der Waals surface area contributed by atoms with E-state index in [2.05, 4.69) is 49.4 Å². The van der Waals surface area contributed by atoms with Crippen molar-refractivity contribution in [3.05, 3.63) is 29.8 Å². The first-order valence-electron chi connectivity index (χ1n) is 7.71. The highest BCUT2D eigenvalue weighted by atomic mass is 16.5. The molecule has 110 valence electrons. The van der Waals surface area contributed by atoms with Crippen LogP contribution in [0.1, 0.15) is 57.6 Å². The molecule has 0 saturated carbocycles. The van der Waals surface area contributed by atoms with Crippen molar-refractivity contribution < 1.29 is 4.74 Å². The molecule has 0 heterocycles. The van der Waals surface area contributed by atoms with Crippen LogP contribution >= 0.6 is 0 Å². The normalized spacial score (nSPS) is 11.8. The van der Waals surface area contributed by atoms with Gasteiger partial charge in [0.05, 0.1) is 6.61 Å². The smallest absolute Gasteiger partial charge is 0.119 e. The zero-order valence-corrected chi connectivity index (χ0v) is 12.8. The van der Waals surface area contributed by atoms with Crippen LogP contribution in [0.5, 0.6) is 5.75 Å². The van der Waals surface area contributed by atoms with Crippen LogP contribution in [0.3, 0.4) is 0 Å². The third-order valence-corrected chi connectivity index (χ3v) is 3.31. The third-order valence-electron chi connectivity index (χ3n) is 3.31. The number of hydrogen-bond donors (Lipinski definition) is 1. The Morgan fingerprint density at radius 2 is 1.95 bits per heavy atom. The van der Waals surface area contributed by atoms with Gasteiger partial charge in [-0.15, -0.1) is 12.3 Å². The van der Waals surface area contributed by atoms with Crippen molar-refractivity contribution in [3.8, 4) is 18.1 Å². The topological polar surface area (TPSA) is 21.3 Å². The Labute approximate surface area is 123 Å². The molecule has 0 radical (unpaired) electrons. The van der Waals surface area contributed by atoms with Gasteiger partial charge in [0.25, 0.3) is 0 Å². The first-order chi connectivity index (χ1) is 9.81. The molecule has 1 unspecified atom stereocenters. The lowest BCUT2D eigenvalue weighted by Crippen LogP contribution is -2.20. The fraction of sp³-hybridized carbons (Fsp3) is 0.556. The van der Waals surface area contributed by atoms with Gasteiger partial charge < -0.3 is 10.1 Å². The van der Waals surface area contributed by atoms with E-state index in [0.29, 0.717) is 6.04 Å².